The van der Waals surface area contributed by atoms with Crippen LogP contribution in [0.3, 0.4) is 0 Å². The number of carboxylic acid groups (broad SMARTS) is 1. The van der Waals surface area contributed by atoms with Gasteiger partial charge in [-0.3, -0.25) is 9.79 Å². The molecule has 0 spiro atoms. The van der Waals surface area contributed by atoms with Crippen LogP contribution in [0.2, 0.25) is 0 Å². The monoisotopic (exact) mass is 188 g/mol. The average molecular weight is 188 g/mol. The minimum Gasteiger partial charge on any atom is -0.480 e. The molecular formula is C7H16N4O2. The minimum absolute atomic E-state index is 0.296. The summed E-state index contributed by atoms with van der Waals surface area (Å²) in [6, 6.07) is -0.862. The molecule has 76 valence electrons. The molecule has 0 rings (SSSR count). The Morgan fingerprint density at radius 2 is 2.15 bits per heavy atom. The van der Waals surface area contributed by atoms with Gasteiger partial charge in [0.2, 0.25) is 0 Å². The molecule has 0 aliphatic rings. The summed E-state index contributed by atoms with van der Waals surface area (Å²) in [5.41, 5.74) is 10.7. The topological polar surface area (TPSA) is 105 Å². The molecule has 0 aromatic carbocycles. The van der Waals surface area contributed by atoms with Crippen molar-refractivity contribution in [2.24, 2.45) is 16.5 Å². The standard InChI is InChI=1S/C7H16N4O2/c1-11(2)7(9)10-4-3-5(8)6(12)13/h5H,3-4,8H2,1-2H3,(H2,9,10)(H,12,13)/t5-/m0/s1. The molecule has 0 fully saturated rings. The van der Waals surface area contributed by atoms with E-state index in [9.17, 15) is 4.79 Å². The smallest absolute Gasteiger partial charge is 0.320 e. The number of nitrogens with two attached hydrogens (primary N) is 2. The number of aliphatic carboxylic acids is 1. The third-order valence-electron chi connectivity index (χ3n) is 1.49. The number of hydrogen-bond donors (Lipinski definition) is 3. The predicted octanol–water partition coefficient (Wildman–Crippen LogP) is -1.34. The summed E-state index contributed by atoms with van der Waals surface area (Å²) in [6.45, 7) is 0.331. The van der Waals surface area contributed by atoms with Crippen molar-refractivity contribution >= 4 is 11.9 Å². The van der Waals surface area contributed by atoms with E-state index in [-0.39, 0.29) is 0 Å². The molecule has 5 N–H and O–H groups in total. The van der Waals surface area contributed by atoms with Gasteiger partial charge in [0.1, 0.15) is 6.04 Å². The molecule has 0 aliphatic heterocycles. The van der Waals surface area contributed by atoms with Crippen LogP contribution in [0.4, 0.5) is 0 Å². The fourth-order valence-corrected chi connectivity index (χ4v) is 0.583. The molecule has 0 heterocycles. The first-order valence-electron chi connectivity index (χ1n) is 3.90. The first kappa shape index (κ1) is 11.7. The summed E-state index contributed by atoms with van der Waals surface area (Å²) in [4.78, 5) is 15.9. The first-order valence-corrected chi connectivity index (χ1v) is 3.90. The largest absolute Gasteiger partial charge is 0.480 e. The summed E-state index contributed by atoms with van der Waals surface area (Å²) >= 11 is 0. The summed E-state index contributed by atoms with van der Waals surface area (Å²) in [6.07, 6.45) is 0.296. The average Bonchev–Trinajstić information content (AvgIpc) is 2.03. The molecule has 0 amide bonds. The molecule has 13 heavy (non-hydrogen) atoms. The van der Waals surface area contributed by atoms with E-state index < -0.39 is 12.0 Å². The van der Waals surface area contributed by atoms with E-state index in [1.807, 2.05) is 0 Å². The molecule has 0 radical (unpaired) electrons. The summed E-state index contributed by atoms with van der Waals surface area (Å²) < 4.78 is 0. The van der Waals surface area contributed by atoms with Gasteiger partial charge in [-0.15, -0.1) is 0 Å². The Labute approximate surface area is 77.2 Å². The first-order chi connectivity index (χ1) is 5.95. The van der Waals surface area contributed by atoms with Crippen LogP contribution in [0.15, 0.2) is 4.99 Å². The number of nitrogens with zero attached hydrogens (tertiary/aromatic N) is 2. The number of rotatable bonds is 4. The number of aliphatic imine (C=N–C) groups is 1. The van der Waals surface area contributed by atoms with E-state index >= 15 is 0 Å². The van der Waals surface area contributed by atoms with E-state index in [0.29, 0.717) is 18.9 Å². The van der Waals surface area contributed by atoms with E-state index in [1.165, 1.54) is 0 Å². The highest BCUT2D eigenvalue weighted by molar-refractivity contribution is 5.77. The van der Waals surface area contributed by atoms with Gasteiger partial charge in [0.25, 0.3) is 0 Å². The molecule has 0 bridgehead atoms. The van der Waals surface area contributed by atoms with Crippen molar-refractivity contribution in [2.45, 2.75) is 12.5 Å². The highest BCUT2D eigenvalue weighted by Crippen LogP contribution is 1.89. The second kappa shape index (κ2) is 5.36. The lowest BCUT2D eigenvalue weighted by Gasteiger charge is -2.10. The van der Waals surface area contributed by atoms with Crippen molar-refractivity contribution in [1.29, 1.82) is 0 Å². The van der Waals surface area contributed by atoms with Crippen LogP contribution in [0.5, 0.6) is 0 Å². The van der Waals surface area contributed by atoms with Crippen molar-refractivity contribution in [2.75, 3.05) is 20.6 Å². The van der Waals surface area contributed by atoms with Gasteiger partial charge in [0, 0.05) is 20.6 Å². The second-order valence-corrected chi connectivity index (χ2v) is 2.87. The molecule has 0 saturated carbocycles. The van der Waals surface area contributed by atoms with Gasteiger partial charge in [-0.25, -0.2) is 0 Å². The maximum absolute atomic E-state index is 10.3. The summed E-state index contributed by atoms with van der Waals surface area (Å²) in [5, 5.41) is 8.44. The van der Waals surface area contributed by atoms with Crippen molar-refractivity contribution < 1.29 is 9.90 Å². The molecule has 6 nitrogen and oxygen atoms in total. The summed E-state index contributed by atoms with van der Waals surface area (Å²) in [7, 11) is 3.52. The Balaban J connectivity index is 3.78. The predicted molar refractivity (Wildman–Crippen MR) is 50.4 cm³/mol. The molecular weight excluding hydrogens is 172 g/mol. The van der Waals surface area contributed by atoms with Gasteiger partial charge in [-0.05, 0) is 6.42 Å². The normalized spacial score (nSPS) is 13.9. The van der Waals surface area contributed by atoms with Crippen molar-refractivity contribution in [1.82, 2.24) is 4.90 Å². The third-order valence-corrected chi connectivity index (χ3v) is 1.49. The zero-order valence-corrected chi connectivity index (χ0v) is 7.90. The minimum atomic E-state index is -1.02. The third kappa shape index (κ3) is 5.02. The van der Waals surface area contributed by atoms with Gasteiger partial charge >= 0.3 is 5.97 Å². The Hall–Kier alpha value is -1.30. The van der Waals surface area contributed by atoms with Crippen LogP contribution in [-0.2, 0) is 4.79 Å². The molecule has 0 aliphatic carbocycles. The van der Waals surface area contributed by atoms with Crippen LogP contribution >= 0.6 is 0 Å². The van der Waals surface area contributed by atoms with Crippen LogP contribution in [0.25, 0.3) is 0 Å². The molecule has 1 atom stereocenters. The molecule has 6 heteroatoms. The van der Waals surface area contributed by atoms with Crippen molar-refractivity contribution in [3.05, 3.63) is 0 Å². The van der Waals surface area contributed by atoms with Gasteiger partial charge in [-0.2, -0.15) is 0 Å². The van der Waals surface area contributed by atoms with E-state index in [0.717, 1.165) is 0 Å². The summed E-state index contributed by atoms with van der Waals surface area (Å²) in [5.74, 6) is -0.642. The lowest BCUT2D eigenvalue weighted by Crippen LogP contribution is -2.33. The highest BCUT2D eigenvalue weighted by Gasteiger charge is 2.09. The zero-order valence-electron chi connectivity index (χ0n) is 7.90. The molecule has 0 unspecified atom stereocenters. The Bertz CT molecular complexity index is 203. The van der Waals surface area contributed by atoms with Gasteiger partial charge < -0.3 is 21.5 Å². The Morgan fingerprint density at radius 3 is 2.54 bits per heavy atom. The van der Waals surface area contributed by atoms with Crippen molar-refractivity contribution in [3.63, 3.8) is 0 Å². The highest BCUT2D eigenvalue weighted by atomic mass is 16.4. The van der Waals surface area contributed by atoms with Crippen molar-refractivity contribution in [3.8, 4) is 0 Å². The molecule has 0 saturated heterocycles. The van der Waals surface area contributed by atoms with Crippen LogP contribution in [0.1, 0.15) is 6.42 Å². The maximum atomic E-state index is 10.3. The quantitative estimate of drug-likeness (QED) is 0.374. The zero-order chi connectivity index (χ0) is 10.4. The number of hydrogen-bond acceptors (Lipinski definition) is 3. The second-order valence-electron chi connectivity index (χ2n) is 2.87. The fraction of sp³-hybridized carbons (Fsp3) is 0.714. The van der Waals surface area contributed by atoms with E-state index in [1.54, 1.807) is 19.0 Å². The molecule has 0 aromatic heterocycles. The van der Waals surface area contributed by atoms with E-state index in [2.05, 4.69) is 4.99 Å². The van der Waals surface area contributed by atoms with Crippen LogP contribution < -0.4 is 11.5 Å². The van der Waals surface area contributed by atoms with Gasteiger partial charge in [0.05, 0.1) is 0 Å². The maximum Gasteiger partial charge on any atom is 0.320 e. The lowest BCUT2D eigenvalue weighted by molar-refractivity contribution is -0.138. The van der Waals surface area contributed by atoms with Crippen LogP contribution in [-0.4, -0.2) is 48.6 Å². The van der Waals surface area contributed by atoms with Crippen LogP contribution in [0, 0.1) is 0 Å². The van der Waals surface area contributed by atoms with Gasteiger partial charge in [0.15, 0.2) is 5.96 Å². The van der Waals surface area contributed by atoms with Gasteiger partial charge in [-0.1, -0.05) is 0 Å². The fourth-order valence-electron chi connectivity index (χ4n) is 0.583. The number of carboxylic acids is 1. The Kier molecular flexibility index (Phi) is 4.83. The number of carbonyl (C=O) groups is 1. The number of guanidine groups is 1. The Morgan fingerprint density at radius 1 is 1.62 bits per heavy atom. The molecule has 0 aromatic rings. The SMILES string of the molecule is CN(C)C(N)=NCC[C@H](N)C(=O)O. The lowest BCUT2D eigenvalue weighted by atomic mass is 10.2. The van der Waals surface area contributed by atoms with E-state index in [4.69, 9.17) is 16.6 Å².